The summed E-state index contributed by atoms with van der Waals surface area (Å²) in [6.45, 7) is 0.679. The zero-order valence-corrected chi connectivity index (χ0v) is 16.0. The van der Waals surface area contributed by atoms with Crippen LogP contribution in [0, 0.1) is 0 Å². The summed E-state index contributed by atoms with van der Waals surface area (Å²) in [5.74, 6) is 1.21. The second kappa shape index (κ2) is 7.55. The van der Waals surface area contributed by atoms with Crippen LogP contribution in [0.25, 0.3) is 11.3 Å². The Morgan fingerprint density at radius 1 is 1.03 bits per heavy atom. The number of hydrogen-bond acceptors (Lipinski definition) is 6. The van der Waals surface area contributed by atoms with E-state index in [1.165, 1.54) is 0 Å². The topological polar surface area (TPSA) is 93.9 Å². The molecule has 3 heterocycles. The van der Waals surface area contributed by atoms with Crippen molar-refractivity contribution in [3.63, 3.8) is 0 Å². The molecular weight excluding hydrogens is 386 g/mol. The van der Waals surface area contributed by atoms with E-state index in [1.54, 1.807) is 23.1 Å². The first-order valence-corrected chi connectivity index (χ1v) is 9.73. The highest BCUT2D eigenvalue weighted by molar-refractivity contribution is 6.01. The van der Waals surface area contributed by atoms with Gasteiger partial charge >= 0.3 is 0 Å². The van der Waals surface area contributed by atoms with E-state index < -0.39 is 6.04 Å². The number of fused-ring (bicyclic) bond motifs is 1. The van der Waals surface area contributed by atoms with Crippen molar-refractivity contribution >= 4 is 17.5 Å². The molecule has 0 bridgehead atoms. The van der Waals surface area contributed by atoms with Crippen LogP contribution < -0.4 is 14.8 Å². The number of ether oxygens (including phenoxy) is 2. The minimum absolute atomic E-state index is 0.169. The van der Waals surface area contributed by atoms with Gasteiger partial charge in [-0.25, -0.2) is 0 Å². The van der Waals surface area contributed by atoms with Gasteiger partial charge in [-0.2, -0.15) is 0 Å². The molecule has 5 rings (SSSR count). The Morgan fingerprint density at radius 2 is 1.87 bits per heavy atom. The molecule has 1 atom stereocenters. The first-order valence-electron chi connectivity index (χ1n) is 9.73. The largest absolute Gasteiger partial charge is 0.454 e. The van der Waals surface area contributed by atoms with Crippen LogP contribution in [0.4, 0.5) is 5.69 Å². The summed E-state index contributed by atoms with van der Waals surface area (Å²) in [4.78, 5) is 27.3. The average Bonchev–Trinajstić information content (AvgIpc) is 3.53. The molecule has 1 unspecified atom stereocenters. The third kappa shape index (κ3) is 3.36. The number of nitrogens with zero attached hydrogens (tertiary/aromatic N) is 2. The van der Waals surface area contributed by atoms with Gasteiger partial charge in [0.05, 0.1) is 0 Å². The lowest BCUT2D eigenvalue weighted by atomic mass is 10.1. The molecule has 0 aliphatic carbocycles. The molecule has 2 aromatic carbocycles. The molecule has 8 heteroatoms. The number of carbonyl (C=O) groups is 2. The fourth-order valence-corrected chi connectivity index (χ4v) is 3.74. The number of aromatic nitrogens is 1. The van der Waals surface area contributed by atoms with E-state index in [0.29, 0.717) is 35.9 Å². The zero-order valence-electron chi connectivity index (χ0n) is 16.0. The lowest BCUT2D eigenvalue weighted by Crippen LogP contribution is -2.43. The fourth-order valence-electron chi connectivity index (χ4n) is 3.74. The second-order valence-electron chi connectivity index (χ2n) is 7.16. The number of anilines is 1. The van der Waals surface area contributed by atoms with E-state index in [1.807, 2.05) is 36.4 Å². The molecule has 1 N–H and O–H groups in total. The quantitative estimate of drug-likeness (QED) is 0.716. The third-order valence-electron chi connectivity index (χ3n) is 5.24. The summed E-state index contributed by atoms with van der Waals surface area (Å²) in [6.07, 6.45) is 1.36. The van der Waals surface area contributed by atoms with Gasteiger partial charge in [-0.05, 0) is 43.2 Å². The van der Waals surface area contributed by atoms with E-state index in [-0.39, 0.29) is 24.3 Å². The van der Waals surface area contributed by atoms with Crippen LogP contribution in [0.5, 0.6) is 11.5 Å². The molecule has 30 heavy (non-hydrogen) atoms. The van der Waals surface area contributed by atoms with Gasteiger partial charge in [-0.3, -0.25) is 9.59 Å². The van der Waals surface area contributed by atoms with Crippen molar-refractivity contribution in [1.29, 1.82) is 0 Å². The zero-order chi connectivity index (χ0) is 20.5. The molecule has 2 amide bonds. The van der Waals surface area contributed by atoms with Gasteiger partial charge in [0.2, 0.25) is 12.7 Å². The van der Waals surface area contributed by atoms with Crippen LogP contribution >= 0.6 is 0 Å². The average molecular weight is 405 g/mol. The maximum absolute atomic E-state index is 13.0. The number of rotatable bonds is 4. The van der Waals surface area contributed by atoms with E-state index in [4.69, 9.17) is 14.0 Å². The van der Waals surface area contributed by atoms with Crippen molar-refractivity contribution in [3.05, 3.63) is 60.3 Å². The number of carbonyl (C=O) groups excluding carboxylic acids is 2. The predicted molar refractivity (Wildman–Crippen MR) is 107 cm³/mol. The molecule has 1 fully saturated rings. The summed E-state index contributed by atoms with van der Waals surface area (Å²) in [5.41, 5.74) is 1.60. The summed E-state index contributed by atoms with van der Waals surface area (Å²) in [5, 5.41) is 6.81. The maximum Gasteiger partial charge on any atom is 0.276 e. The van der Waals surface area contributed by atoms with E-state index in [0.717, 1.165) is 12.0 Å². The molecule has 8 nitrogen and oxygen atoms in total. The van der Waals surface area contributed by atoms with E-state index in [9.17, 15) is 9.59 Å². The molecule has 3 aromatic rings. The van der Waals surface area contributed by atoms with E-state index in [2.05, 4.69) is 10.5 Å². The van der Waals surface area contributed by atoms with Gasteiger partial charge in [0.1, 0.15) is 6.04 Å². The number of hydrogen-bond donors (Lipinski definition) is 1. The standard InChI is InChI=1S/C22H19N3O5/c26-21(23-15-5-2-1-3-6-15)17-7-4-10-25(17)22(27)16-12-19(30-24-16)14-8-9-18-20(11-14)29-13-28-18/h1-3,5-6,8-9,11-12,17H,4,7,10,13H2,(H,23,26). The smallest absolute Gasteiger partial charge is 0.276 e. The summed E-state index contributed by atoms with van der Waals surface area (Å²) < 4.78 is 16.1. The molecule has 0 saturated carbocycles. The van der Waals surface area contributed by atoms with Gasteiger partial charge in [-0.15, -0.1) is 0 Å². The maximum atomic E-state index is 13.0. The molecule has 1 aromatic heterocycles. The minimum atomic E-state index is -0.539. The van der Waals surface area contributed by atoms with Crippen LogP contribution in [0.15, 0.2) is 59.1 Å². The number of benzene rings is 2. The van der Waals surface area contributed by atoms with Gasteiger partial charge in [0, 0.05) is 23.9 Å². The van der Waals surface area contributed by atoms with Crippen LogP contribution in [0.3, 0.4) is 0 Å². The van der Waals surface area contributed by atoms with Crippen LogP contribution in [-0.4, -0.2) is 41.3 Å². The predicted octanol–water partition coefficient (Wildman–Crippen LogP) is 3.31. The number of para-hydroxylation sites is 1. The molecule has 2 aliphatic heterocycles. The summed E-state index contributed by atoms with van der Waals surface area (Å²) in [6, 6.07) is 15.6. The summed E-state index contributed by atoms with van der Waals surface area (Å²) in [7, 11) is 0. The van der Waals surface area contributed by atoms with Crippen LogP contribution in [-0.2, 0) is 4.79 Å². The Hall–Kier alpha value is -3.81. The second-order valence-corrected chi connectivity index (χ2v) is 7.16. The molecule has 0 radical (unpaired) electrons. The highest BCUT2D eigenvalue weighted by Gasteiger charge is 2.36. The van der Waals surface area contributed by atoms with Crippen LogP contribution in [0.1, 0.15) is 23.3 Å². The molecular formula is C22H19N3O5. The lowest BCUT2D eigenvalue weighted by Gasteiger charge is -2.22. The number of amides is 2. The van der Waals surface area contributed by atoms with Crippen molar-refractivity contribution in [3.8, 4) is 22.8 Å². The Bertz CT molecular complexity index is 1100. The Labute approximate surface area is 172 Å². The first-order chi connectivity index (χ1) is 14.7. The Balaban J connectivity index is 1.32. The van der Waals surface area contributed by atoms with Crippen molar-refractivity contribution in [1.82, 2.24) is 10.1 Å². The van der Waals surface area contributed by atoms with Gasteiger partial charge < -0.3 is 24.2 Å². The first kappa shape index (κ1) is 18.2. The third-order valence-corrected chi connectivity index (χ3v) is 5.24. The number of nitrogens with one attached hydrogen (secondary N) is 1. The lowest BCUT2D eigenvalue weighted by molar-refractivity contribution is -0.119. The van der Waals surface area contributed by atoms with Crippen LogP contribution in [0.2, 0.25) is 0 Å². The fraction of sp³-hybridized carbons (Fsp3) is 0.227. The molecule has 0 spiro atoms. The van der Waals surface area contributed by atoms with Crippen molar-refractivity contribution in [2.24, 2.45) is 0 Å². The molecule has 1 saturated heterocycles. The van der Waals surface area contributed by atoms with Crippen molar-refractivity contribution in [2.45, 2.75) is 18.9 Å². The Kier molecular flexibility index (Phi) is 4.59. The summed E-state index contributed by atoms with van der Waals surface area (Å²) >= 11 is 0. The van der Waals surface area contributed by atoms with Gasteiger partial charge in [0.15, 0.2) is 23.0 Å². The minimum Gasteiger partial charge on any atom is -0.454 e. The van der Waals surface area contributed by atoms with E-state index >= 15 is 0 Å². The van der Waals surface area contributed by atoms with Crippen molar-refractivity contribution in [2.75, 3.05) is 18.7 Å². The molecule has 2 aliphatic rings. The van der Waals surface area contributed by atoms with Gasteiger partial charge in [-0.1, -0.05) is 23.4 Å². The normalized spacial score (nSPS) is 17.2. The van der Waals surface area contributed by atoms with Gasteiger partial charge in [0.25, 0.3) is 5.91 Å². The SMILES string of the molecule is O=C(Nc1ccccc1)C1CCCN1C(=O)c1cc(-c2ccc3c(c2)OCO3)on1. The Morgan fingerprint density at radius 3 is 2.73 bits per heavy atom. The highest BCUT2D eigenvalue weighted by Crippen LogP contribution is 2.36. The number of likely N-dealkylation sites (tertiary alicyclic amines) is 1. The monoisotopic (exact) mass is 405 g/mol. The highest BCUT2D eigenvalue weighted by atomic mass is 16.7. The van der Waals surface area contributed by atoms with Crippen molar-refractivity contribution < 1.29 is 23.6 Å². The molecule has 152 valence electrons.